The number of benzene rings is 1. The summed E-state index contributed by atoms with van der Waals surface area (Å²) in [6.45, 7) is 6.81. The van der Waals surface area contributed by atoms with Gasteiger partial charge in [-0.3, -0.25) is 0 Å². The van der Waals surface area contributed by atoms with Crippen molar-refractivity contribution in [2.75, 3.05) is 7.11 Å². The van der Waals surface area contributed by atoms with Crippen molar-refractivity contribution in [1.82, 2.24) is 0 Å². The van der Waals surface area contributed by atoms with Crippen LogP contribution in [0.3, 0.4) is 0 Å². The van der Waals surface area contributed by atoms with Crippen molar-refractivity contribution in [2.24, 2.45) is 0 Å². The smallest absolute Gasteiger partial charge is 0.187 e. The molecule has 62 valence electrons. The Morgan fingerprint density at radius 2 is 2.33 bits per heavy atom. The van der Waals surface area contributed by atoms with Gasteiger partial charge in [0, 0.05) is 5.33 Å². The Kier molecular flexibility index (Phi) is 3.12. The van der Waals surface area contributed by atoms with Crippen LogP contribution in [0.25, 0.3) is 4.85 Å². The molecule has 0 aliphatic rings. The number of methoxy groups -OCH3 is 1. The Morgan fingerprint density at radius 1 is 1.58 bits per heavy atom. The fraction of sp³-hybridized carbons (Fsp3) is 0.222. The third kappa shape index (κ3) is 1.77. The van der Waals surface area contributed by atoms with Gasteiger partial charge in [-0.25, -0.2) is 4.85 Å². The molecule has 3 heteroatoms. The summed E-state index contributed by atoms with van der Waals surface area (Å²) in [5.74, 6) is 0.819. The highest BCUT2D eigenvalue weighted by Gasteiger charge is 2.01. The molecule has 1 aromatic rings. The molecular formula is C9H8BrNO. The van der Waals surface area contributed by atoms with E-state index in [2.05, 4.69) is 20.8 Å². The molecule has 0 aliphatic heterocycles. The molecule has 0 aromatic heterocycles. The third-order valence-electron chi connectivity index (χ3n) is 1.54. The average molecular weight is 226 g/mol. The summed E-state index contributed by atoms with van der Waals surface area (Å²) in [4.78, 5) is 3.33. The highest BCUT2D eigenvalue weighted by Crippen LogP contribution is 2.25. The van der Waals surface area contributed by atoms with Crippen LogP contribution in [0, 0.1) is 6.57 Å². The predicted octanol–water partition coefficient (Wildman–Crippen LogP) is 3.14. The summed E-state index contributed by atoms with van der Waals surface area (Å²) in [6.07, 6.45) is 0. The summed E-state index contributed by atoms with van der Waals surface area (Å²) in [5.41, 5.74) is 1.65. The van der Waals surface area contributed by atoms with Gasteiger partial charge in [0.05, 0.1) is 13.7 Å². The minimum atomic E-state index is 0.644. The first-order chi connectivity index (χ1) is 5.81. The van der Waals surface area contributed by atoms with E-state index in [9.17, 15) is 0 Å². The van der Waals surface area contributed by atoms with E-state index < -0.39 is 0 Å². The second kappa shape index (κ2) is 4.13. The van der Waals surface area contributed by atoms with E-state index in [0.717, 1.165) is 11.3 Å². The Morgan fingerprint density at radius 3 is 2.83 bits per heavy atom. The molecule has 0 unspecified atom stereocenters. The molecule has 0 fully saturated rings. The fourth-order valence-electron chi connectivity index (χ4n) is 0.939. The second-order valence-corrected chi connectivity index (χ2v) is 2.80. The summed E-state index contributed by atoms with van der Waals surface area (Å²) in [5, 5.41) is 0.708. The summed E-state index contributed by atoms with van der Waals surface area (Å²) < 4.78 is 5.10. The van der Waals surface area contributed by atoms with Gasteiger partial charge in [0.25, 0.3) is 0 Å². The Balaban J connectivity index is 3.13. The fourth-order valence-corrected chi connectivity index (χ4v) is 1.38. The lowest BCUT2D eigenvalue weighted by molar-refractivity contribution is 0.411. The molecule has 0 N–H and O–H groups in total. The zero-order chi connectivity index (χ0) is 8.97. The lowest BCUT2D eigenvalue weighted by atomic mass is 10.2. The van der Waals surface area contributed by atoms with Crippen LogP contribution >= 0.6 is 15.9 Å². The van der Waals surface area contributed by atoms with Gasteiger partial charge in [0.15, 0.2) is 5.69 Å². The topological polar surface area (TPSA) is 13.6 Å². The summed E-state index contributed by atoms with van der Waals surface area (Å²) in [6, 6.07) is 5.38. The van der Waals surface area contributed by atoms with Gasteiger partial charge in [-0.1, -0.05) is 22.0 Å². The quantitative estimate of drug-likeness (QED) is 0.557. The number of hydrogen-bond acceptors (Lipinski definition) is 1. The Hall–Kier alpha value is -1.01. The maximum absolute atomic E-state index is 6.81. The van der Waals surface area contributed by atoms with Gasteiger partial charge >= 0.3 is 0 Å². The van der Waals surface area contributed by atoms with Crippen LogP contribution in [-0.4, -0.2) is 7.11 Å². The molecular weight excluding hydrogens is 218 g/mol. The lowest BCUT2D eigenvalue weighted by Crippen LogP contribution is -1.87. The maximum atomic E-state index is 6.81. The molecule has 0 atom stereocenters. The zero-order valence-electron chi connectivity index (χ0n) is 6.67. The van der Waals surface area contributed by atoms with Crippen LogP contribution in [0.1, 0.15) is 5.56 Å². The molecule has 1 rings (SSSR count). The van der Waals surface area contributed by atoms with Crippen LogP contribution in [0.4, 0.5) is 5.69 Å². The minimum Gasteiger partial charge on any atom is -0.497 e. The number of rotatable bonds is 2. The molecule has 0 amide bonds. The number of ether oxygens (including phenoxy) is 1. The molecule has 0 bridgehead atoms. The van der Waals surface area contributed by atoms with E-state index in [4.69, 9.17) is 11.3 Å². The first kappa shape index (κ1) is 9.08. The molecule has 0 saturated carbocycles. The highest BCUT2D eigenvalue weighted by molar-refractivity contribution is 9.08. The highest BCUT2D eigenvalue weighted by atomic mass is 79.9. The van der Waals surface area contributed by atoms with Gasteiger partial charge in [0.1, 0.15) is 5.75 Å². The second-order valence-electron chi connectivity index (χ2n) is 2.24. The maximum Gasteiger partial charge on any atom is 0.187 e. The van der Waals surface area contributed by atoms with Crippen LogP contribution in [-0.2, 0) is 5.33 Å². The summed E-state index contributed by atoms with van der Waals surface area (Å²) in [7, 11) is 1.62. The van der Waals surface area contributed by atoms with Crippen LogP contribution < -0.4 is 4.74 Å². The van der Waals surface area contributed by atoms with Crippen molar-refractivity contribution >= 4 is 21.6 Å². The van der Waals surface area contributed by atoms with Crippen LogP contribution in [0.2, 0.25) is 0 Å². The first-order valence-corrected chi connectivity index (χ1v) is 4.54. The van der Waals surface area contributed by atoms with E-state index >= 15 is 0 Å². The monoisotopic (exact) mass is 225 g/mol. The molecule has 12 heavy (non-hydrogen) atoms. The van der Waals surface area contributed by atoms with E-state index in [1.165, 1.54) is 0 Å². The normalized spacial score (nSPS) is 9.08. The molecule has 0 heterocycles. The van der Waals surface area contributed by atoms with Gasteiger partial charge in [-0.2, -0.15) is 0 Å². The molecule has 0 aliphatic carbocycles. The minimum absolute atomic E-state index is 0.644. The Labute approximate surface area is 80.1 Å². The standard InChI is InChI=1S/C9H8BrNO/c1-11-8-3-4-9(12-2)7(5-8)6-10/h3-5H,6H2,2H3. The Bertz CT molecular complexity index is 317. The lowest BCUT2D eigenvalue weighted by Gasteiger charge is -2.05. The average Bonchev–Trinajstić information content (AvgIpc) is 2.16. The van der Waals surface area contributed by atoms with Crippen molar-refractivity contribution in [1.29, 1.82) is 0 Å². The van der Waals surface area contributed by atoms with Crippen LogP contribution in [0.5, 0.6) is 5.75 Å². The van der Waals surface area contributed by atoms with Crippen molar-refractivity contribution in [3.8, 4) is 5.75 Å². The van der Waals surface area contributed by atoms with Crippen LogP contribution in [0.15, 0.2) is 18.2 Å². The predicted molar refractivity (Wildman–Crippen MR) is 51.9 cm³/mol. The first-order valence-electron chi connectivity index (χ1n) is 3.42. The van der Waals surface area contributed by atoms with Gasteiger partial charge < -0.3 is 4.74 Å². The molecule has 2 nitrogen and oxygen atoms in total. The molecule has 1 aromatic carbocycles. The van der Waals surface area contributed by atoms with Crippen molar-refractivity contribution < 1.29 is 4.74 Å². The van der Waals surface area contributed by atoms with E-state index in [-0.39, 0.29) is 0 Å². The number of alkyl halides is 1. The van der Waals surface area contributed by atoms with Crippen molar-refractivity contribution in [3.05, 3.63) is 35.2 Å². The molecule has 0 spiro atoms. The van der Waals surface area contributed by atoms with E-state index in [0.29, 0.717) is 11.0 Å². The third-order valence-corrected chi connectivity index (χ3v) is 2.14. The number of halogens is 1. The van der Waals surface area contributed by atoms with Crippen molar-refractivity contribution in [2.45, 2.75) is 5.33 Å². The SMILES string of the molecule is [C-]#[N+]c1ccc(OC)c(CBr)c1. The largest absolute Gasteiger partial charge is 0.497 e. The van der Waals surface area contributed by atoms with Gasteiger partial charge in [-0.05, 0) is 17.7 Å². The zero-order valence-corrected chi connectivity index (χ0v) is 8.26. The van der Waals surface area contributed by atoms with Gasteiger partial charge in [0.2, 0.25) is 0 Å². The molecule has 0 radical (unpaired) electrons. The van der Waals surface area contributed by atoms with Gasteiger partial charge in [-0.15, -0.1) is 0 Å². The number of nitrogens with zero attached hydrogens (tertiary/aromatic N) is 1. The van der Waals surface area contributed by atoms with Crippen molar-refractivity contribution in [3.63, 3.8) is 0 Å². The van der Waals surface area contributed by atoms with E-state index in [1.807, 2.05) is 12.1 Å². The number of hydrogen-bond donors (Lipinski definition) is 0. The molecule has 0 saturated heterocycles. The van der Waals surface area contributed by atoms with E-state index in [1.54, 1.807) is 13.2 Å². The summed E-state index contributed by atoms with van der Waals surface area (Å²) >= 11 is 3.33.